The summed E-state index contributed by atoms with van der Waals surface area (Å²) in [5.74, 6) is 1.14. The number of ketones is 1. The first kappa shape index (κ1) is 12.3. The quantitative estimate of drug-likeness (QED) is 0.718. The highest BCUT2D eigenvalue weighted by Gasteiger charge is 2.38. The SMILES string of the molecule is CCC(CC)(C(=O)CC1CC1)c1ccccc1. The molecule has 1 aromatic rings. The van der Waals surface area contributed by atoms with Crippen LogP contribution in [0.15, 0.2) is 30.3 Å². The number of hydrogen-bond acceptors (Lipinski definition) is 1. The molecule has 0 amide bonds. The number of carbonyl (C=O) groups excluding carboxylic acids is 1. The van der Waals surface area contributed by atoms with Crippen molar-refractivity contribution in [3.05, 3.63) is 35.9 Å². The maximum atomic E-state index is 12.6. The second kappa shape index (κ2) is 5.03. The van der Waals surface area contributed by atoms with E-state index < -0.39 is 0 Å². The molecule has 2 rings (SSSR count). The molecule has 92 valence electrons. The molecule has 0 aromatic heterocycles. The number of rotatable bonds is 6. The highest BCUT2D eigenvalue weighted by molar-refractivity contribution is 5.90. The summed E-state index contributed by atoms with van der Waals surface area (Å²) in [5.41, 5.74) is 0.972. The number of hydrogen-bond donors (Lipinski definition) is 0. The Bertz CT molecular complexity index is 372. The molecule has 1 aromatic carbocycles. The van der Waals surface area contributed by atoms with Gasteiger partial charge in [0.25, 0.3) is 0 Å². The first-order valence-electron chi connectivity index (χ1n) is 6.81. The fraction of sp³-hybridized carbons (Fsp3) is 0.562. The van der Waals surface area contributed by atoms with Gasteiger partial charge in [-0.05, 0) is 37.2 Å². The molecular formula is C16H22O. The van der Waals surface area contributed by atoms with Crippen LogP contribution in [0.4, 0.5) is 0 Å². The Morgan fingerprint density at radius 3 is 2.24 bits per heavy atom. The number of Topliss-reactive ketones (excluding diaryl/α,β-unsaturated/α-hetero) is 1. The van der Waals surface area contributed by atoms with Gasteiger partial charge in [-0.15, -0.1) is 0 Å². The summed E-state index contributed by atoms with van der Waals surface area (Å²) in [7, 11) is 0. The van der Waals surface area contributed by atoms with Crippen LogP contribution >= 0.6 is 0 Å². The maximum absolute atomic E-state index is 12.6. The van der Waals surface area contributed by atoms with Gasteiger partial charge < -0.3 is 0 Å². The Labute approximate surface area is 104 Å². The average molecular weight is 230 g/mol. The van der Waals surface area contributed by atoms with Crippen molar-refractivity contribution in [2.75, 3.05) is 0 Å². The molecule has 1 aliphatic rings. The number of benzene rings is 1. The molecule has 1 nitrogen and oxygen atoms in total. The van der Waals surface area contributed by atoms with E-state index in [1.54, 1.807) is 0 Å². The minimum atomic E-state index is -0.232. The molecule has 0 spiro atoms. The molecule has 0 atom stereocenters. The molecule has 0 aliphatic heterocycles. The van der Waals surface area contributed by atoms with Gasteiger partial charge in [0.15, 0.2) is 0 Å². The van der Waals surface area contributed by atoms with Crippen molar-refractivity contribution in [1.29, 1.82) is 0 Å². The Kier molecular flexibility index (Phi) is 3.66. The minimum absolute atomic E-state index is 0.232. The van der Waals surface area contributed by atoms with E-state index in [1.165, 1.54) is 18.4 Å². The van der Waals surface area contributed by atoms with E-state index in [1.807, 2.05) is 18.2 Å². The summed E-state index contributed by atoms with van der Waals surface area (Å²) >= 11 is 0. The first-order chi connectivity index (χ1) is 8.23. The van der Waals surface area contributed by atoms with Crippen molar-refractivity contribution in [2.24, 2.45) is 5.92 Å². The highest BCUT2D eigenvalue weighted by Crippen LogP contribution is 2.39. The molecule has 0 N–H and O–H groups in total. The minimum Gasteiger partial charge on any atom is -0.299 e. The van der Waals surface area contributed by atoms with Crippen LogP contribution in [0.25, 0.3) is 0 Å². The third-order valence-electron chi connectivity index (χ3n) is 4.24. The zero-order chi connectivity index (χ0) is 12.3. The summed E-state index contributed by atoms with van der Waals surface area (Å²) in [6.07, 6.45) is 5.13. The van der Waals surface area contributed by atoms with E-state index in [0.29, 0.717) is 11.7 Å². The Balaban J connectivity index is 2.27. The van der Waals surface area contributed by atoms with Crippen molar-refractivity contribution in [2.45, 2.75) is 51.4 Å². The van der Waals surface area contributed by atoms with Crippen LogP contribution in [0, 0.1) is 5.92 Å². The van der Waals surface area contributed by atoms with Crippen LogP contribution < -0.4 is 0 Å². The van der Waals surface area contributed by atoms with Gasteiger partial charge in [0, 0.05) is 6.42 Å². The predicted molar refractivity (Wildman–Crippen MR) is 71.1 cm³/mol. The average Bonchev–Trinajstić information content (AvgIpc) is 3.17. The van der Waals surface area contributed by atoms with E-state index in [0.717, 1.165) is 19.3 Å². The maximum Gasteiger partial charge on any atom is 0.143 e. The zero-order valence-corrected chi connectivity index (χ0v) is 10.9. The molecule has 0 bridgehead atoms. The normalized spacial score (nSPS) is 15.9. The lowest BCUT2D eigenvalue weighted by Crippen LogP contribution is -2.35. The van der Waals surface area contributed by atoms with Gasteiger partial charge in [-0.25, -0.2) is 0 Å². The fourth-order valence-corrected chi connectivity index (χ4v) is 2.75. The van der Waals surface area contributed by atoms with Crippen molar-refractivity contribution in [3.8, 4) is 0 Å². The van der Waals surface area contributed by atoms with Crippen LogP contribution in [0.1, 0.15) is 51.5 Å². The van der Waals surface area contributed by atoms with Crippen LogP contribution in [0.2, 0.25) is 0 Å². The van der Waals surface area contributed by atoms with Crippen LogP contribution in [0.5, 0.6) is 0 Å². The third-order valence-corrected chi connectivity index (χ3v) is 4.24. The topological polar surface area (TPSA) is 17.1 Å². The lowest BCUT2D eigenvalue weighted by Gasteiger charge is -2.31. The van der Waals surface area contributed by atoms with E-state index in [9.17, 15) is 4.79 Å². The van der Waals surface area contributed by atoms with Gasteiger partial charge in [0.05, 0.1) is 5.41 Å². The van der Waals surface area contributed by atoms with Crippen LogP contribution in [0.3, 0.4) is 0 Å². The molecule has 1 heteroatoms. The molecule has 0 heterocycles. The molecule has 1 aliphatic carbocycles. The molecule has 0 radical (unpaired) electrons. The van der Waals surface area contributed by atoms with Crippen molar-refractivity contribution in [1.82, 2.24) is 0 Å². The fourth-order valence-electron chi connectivity index (χ4n) is 2.75. The van der Waals surface area contributed by atoms with E-state index in [2.05, 4.69) is 26.0 Å². The van der Waals surface area contributed by atoms with Gasteiger partial charge in [-0.2, -0.15) is 0 Å². The standard InChI is InChI=1S/C16H22O/c1-3-16(4-2,14-8-6-5-7-9-14)15(17)12-13-10-11-13/h5-9,13H,3-4,10-12H2,1-2H3. The van der Waals surface area contributed by atoms with Gasteiger partial charge >= 0.3 is 0 Å². The van der Waals surface area contributed by atoms with Crippen LogP contribution in [-0.2, 0) is 10.2 Å². The van der Waals surface area contributed by atoms with E-state index >= 15 is 0 Å². The van der Waals surface area contributed by atoms with Gasteiger partial charge in [0.1, 0.15) is 5.78 Å². The smallest absolute Gasteiger partial charge is 0.143 e. The van der Waals surface area contributed by atoms with Crippen molar-refractivity contribution < 1.29 is 4.79 Å². The van der Waals surface area contributed by atoms with Gasteiger partial charge in [-0.3, -0.25) is 4.79 Å². The summed E-state index contributed by atoms with van der Waals surface area (Å²) in [5, 5.41) is 0. The molecular weight excluding hydrogens is 208 g/mol. The zero-order valence-electron chi connectivity index (χ0n) is 10.9. The molecule has 0 unspecified atom stereocenters. The summed E-state index contributed by atoms with van der Waals surface area (Å²) in [6.45, 7) is 4.28. The van der Waals surface area contributed by atoms with Crippen molar-refractivity contribution >= 4 is 5.78 Å². The van der Waals surface area contributed by atoms with Gasteiger partial charge in [0.2, 0.25) is 0 Å². The Morgan fingerprint density at radius 1 is 1.18 bits per heavy atom. The molecule has 1 fully saturated rings. The Morgan fingerprint density at radius 2 is 1.76 bits per heavy atom. The largest absolute Gasteiger partial charge is 0.299 e. The lowest BCUT2D eigenvalue weighted by atomic mass is 9.71. The van der Waals surface area contributed by atoms with Gasteiger partial charge in [-0.1, -0.05) is 44.2 Å². The van der Waals surface area contributed by atoms with Crippen molar-refractivity contribution in [3.63, 3.8) is 0 Å². The van der Waals surface area contributed by atoms with E-state index in [-0.39, 0.29) is 5.41 Å². The lowest BCUT2D eigenvalue weighted by molar-refractivity contribution is -0.125. The molecule has 1 saturated carbocycles. The second-order valence-electron chi connectivity index (χ2n) is 5.23. The Hall–Kier alpha value is -1.11. The highest BCUT2D eigenvalue weighted by atomic mass is 16.1. The first-order valence-corrected chi connectivity index (χ1v) is 6.81. The summed E-state index contributed by atoms with van der Waals surface area (Å²) in [4.78, 5) is 12.6. The second-order valence-corrected chi connectivity index (χ2v) is 5.23. The summed E-state index contributed by atoms with van der Waals surface area (Å²) in [6, 6.07) is 10.3. The van der Waals surface area contributed by atoms with E-state index in [4.69, 9.17) is 0 Å². The van der Waals surface area contributed by atoms with Crippen LogP contribution in [-0.4, -0.2) is 5.78 Å². The third kappa shape index (κ3) is 2.43. The predicted octanol–water partition coefficient (Wildman–Crippen LogP) is 4.11. The monoisotopic (exact) mass is 230 g/mol. The molecule has 0 saturated heterocycles. The number of carbonyl (C=O) groups is 1. The summed E-state index contributed by atoms with van der Waals surface area (Å²) < 4.78 is 0. The molecule has 17 heavy (non-hydrogen) atoms.